The van der Waals surface area contributed by atoms with Crippen LogP contribution in [-0.4, -0.2) is 41.8 Å². The van der Waals surface area contributed by atoms with E-state index in [1.54, 1.807) is 6.92 Å². The molecule has 1 saturated heterocycles. The van der Waals surface area contributed by atoms with Gasteiger partial charge in [-0.05, 0) is 19.4 Å². The molecule has 1 aliphatic heterocycles. The lowest BCUT2D eigenvalue weighted by atomic mass is 10.1. The first-order valence-electron chi connectivity index (χ1n) is 5.29. The first-order valence-corrected chi connectivity index (χ1v) is 5.29. The molecular formula is C10H17N3O3. The van der Waals surface area contributed by atoms with Crippen molar-refractivity contribution < 1.29 is 14.4 Å². The number of piperazine rings is 1. The Labute approximate surface area is 94.2 Å². The molecule has 3 amide bonds. The molecule has 90 valence electrons. The van der Waals surface area contributed by atoms with Gasteiger partial charge in [0, 0.05) is 6.42 Å². The molecule has 1 fully saturated rings. The summed E-state index contributed by atoms with van der Waals surface area (Å²) in [6.07, 6.45) is 0.265. The molecule has 0 bridgehead atoms. The molecule has 1 rings (SSSR count). The molecular weight excluding hydrogens is 210 g/mol. The van der Waals surface area contributed by atoms with Crippen LogP contribution in [0, 0.1) is 5.92 Å². The summed E-state index contributed by atoms with van der Waals surface area (Å²) < 4.78 is 0. The number of hydrogen-bond acceptors (Lipinski definition) is 4. The quantitative estimate of drug-likeness (QED) is 0.595. The van der Waals surface area contributed by atoms with Crippen molar-refractivity contribution in [3.63, 3.8) is 0 Å². The number of hydrogen-bond donors (Lipinski definition) is 2. The maximum absolute atomic E-state index is 11.8. The predicted molar refractivity (Wildman–Crippen MR) is 57.2 cm³/mol. The average Bonchev–Trinajstić information content (AvgIpc) is 2.22. The molecule has 6 heteroatoms. The summed E-state index contributed by atoms with van der Waals surface area (Å²) >= 11 is 0. The average molecular weight is 227 g/mol. The Balaban J connectivity index is 2.66. The van der Waals surface area contributed by atoms with E-state index >= 15 is 0 Å². The molecule has 0 spiro atoms. The second-order valence-electron chi connectivity index (χ2n) is 4.16. The molecule has 0 radical (unpaired) electrons. The monoisotopic (exact) mass is 227 g/mol. The fraction of sp³-hybridized carbons (Fsp3) is 0.700. The van der Waals surface area contributed by atoms with Crippen LogP contribution in [0.15, 0.2) is 0 Å². The molecule has 2 atom stereocenters. The van der Waals surface area contributed by atoms with Gasteiger partial charge >= 0.3 is 0 Å². The maximum Gasteiger partial charge on any atom is 0.249 e. The molecule has 16 heavy (non-hydrogen) atoms. The number of nitrogens with zero attached hydrogens (tertiary/aromatic N) is 1. The highest BCUT2D eigenvalue weighted by Gasteiger charge is 2.33. The van der Waals surface area contributed by atoms with E-state index in [0.29, 0.717) is 6.54 Å². The van der Waals surface area contributed by atoms with Crippen molar-refractivity contribution in [3.05, 3.63) is 0 Å². The van der Waals surface area contributed by atoms with Gasteiger partial charge < -0.3 is 10.6 Å². The van der Waals surface area contributed by atoms with Crippen LogP contribution < -0.4 is 11.1 Å². The Kier molecular flexibility index (Phi) is 4.00. The minimum atomic E-state index is -0.588. The van der Waals surface area contributed by atoms with Gasteiger partial charge in [0.1, 0.15) is 12.6 Å². The third-order valence-corrected chi connectivity index (χ3v) is 2.67. The van der Waals surface area contributed by atoms with Crippen molar-refractivity contribution in [1.29, 1.82) is 0 Å². The number of nitrogens with two attached hydrogens (primary N) is 1. The van der Waals surface area contributed by atoms with E-state index in [1.807, 2.05) is 6.92 Å². The van der Waals surface area contributed by atoms with E-state index in [2.05, 4.69) is 5.32 Å². The standard InChI is InChI=1S/C10H17N3O3/c1-6(4-11)3-9(15)13-5-8(14)12-10(16)7(13)2/h6-7H,3-5,11H2,1-2H3,(H,12,14,16). The number of nitrogens with one attached hydrogen (secondary N) is 1. The summed E-state index contributed by atoms with van der Waals surface area (Å²) in [5.41, 5.74) is 5.42. The number of amides is 3. The van der Waals surface area contributed by atoms with Gasteiger partial charge in [-0.15, -0.1) is 0 Å². The molecule has 0 aromatic carbocycles. The minimum absolute atomic E-state index is 0.0525. The Hall–Kier alpha value is -1.43. The summed E-state index contributed by atoms with van der Waals surface area (Å²) in [5, 5.41) is 2.18. The van der Waals surface area contributed by atoms with Crippen LogP contribution in [0.2, 0.25) is 0 Å². The molecule has 2 unspecified atom stereocenters. The van der Waals surface area contributed by atoms with Gasteiger partial charge in [0.2, 0.25) is 17.7 Å². The second kappa shape index (κ2) is 5.07. The topological polar surface area (TPSA) is 92.5 Å². The Morgan fingerprint density at radius 3 is 2.81 bits per heavy atom. The van der Waals surface area contributed by atoms with Gasteiger partial charge in [0.25, 0.3) is 0 Å². The summed E-state index contributed by atoms with van der Waals surface area (Å²) in [7, 11) is 0. The van der Waals surface area contributed by atoms with E-state index in [4.69, 9.17) is 5.73 Å². The van der Waals surface area contributed by atoms with E-state index in [1.165, 1.54) is 4.90 Å². The molecule has 1 heterocycles. The largest absolute Gasteiger partial charge is 0.330 e. The molecule has 0 aromatic heterocycles. The van der Waals surface area contributed by atoms with Gasteiger partial charge in [-0.25, -0.2) is 0 Å². The summed E-state index contributed by atoms with van der Waals surface area (Å²) in [6.45, 7) is 3.82. The summed E-state index contributed by atoms with van der Waals surface area (Å²) in [5.74, 6) is -1.00. The maximum atomic E-state index is 11.8. The number of rotatable bonds is 3. The Bertz CT molecular complexity index is 316. The highest BCUT2D eigenvalue weighted by Crippen LogP contribution is 2.10. The van der Waals surface area contributed by atoms with Gasteiger partial charge in [0.05, 0.1) is 0 Å². The molecule has 1 aliphatic rings. The van der Waals surface area contributed by atoms with Crippen LogP contribution >= 0.6 is 0 Å². The lowest BCUT2D eigenvalue weighted by Crippen LogP contribution is -2.58. The summed E-state index contributed by atoms with van der Waals surface area (Å²) in [4.78, 5) is 35.6. The van der Waals surface area contributed by atoms with E-state index in [9.17, 15) is 14.4 Å². The van der Waals surface area contributed by atoms with Crippen molar-refractivity contribution >= 4 is 17.7 Å². The number of imide groups is 1. The molecule has 6 nitrogen and oxygen atoms in total. The third kappa shape index (κ3) is 2.79. The Morgan fingerprint density at radius 2 is 2.25 bits per heavy atom. The minimum Gasteiger partial charge on any atom is -0.330 e. The molecule has 0 aliphatic carbocycles. The van der Waals surface area contributed by atoms with Crippen LogP contribution in [-0.2, 0) is 14.4 Å². The van der Waals surface area contributed by atoms with Crippen molar-refractivity contribution in [1.82, 2.24) is 10.2 Å². The fourth-order valence-electron chi connectivity index (χ4n) is 1.52. The van der Waals surface area contributed by atoms with E-state index in [0.717, 1.165) is 0 Å². The zero-order valence-corrected chi connectivity index (χ0v) is 9.53. The predicted octanol–water partition coefficient (Wildman–Crippen LogP) is -1.16. The van der Waals surface area contributed by atoms with Crippen molar-refractivity contribution in [3.8, 4) is 0 Å². The van der Waals surface area contributed by atoms with Gasteiger partial charge in [-0.3, -0.25) is 19.7 Å². The van der Waals surface area contributed by atoms with Gasteiger partial charge in [-0.1, -0.05) is 6.92 Å². The van der Waals surface area contributed by atoms with E-state index in [-0.39, 0.29) is 24.8 Å². The highest BCUT2D eigenvalue weighted by atomic mass is 16.2. The van der Waals surface area contributed by atoms with E-state index < -0.39 is 17.9 Å². The van der Waals surface area contributed by atoms with Gasteiger partial charge in [0.15, 0.2) is 0 Å². The second-order valence-corrected chi connectivity index (χ2v) is 4.16. The molecule has 0 aromatic rings. The van der Waals surface area contributed by atoms with Crippen LogP contribution in [0.4, 0.5) is 0 Å². The first kappa shape index (κ1) is 12.6. The van der Waals surface area contributed by atoms with Crippen molar-refractivity contribution in [2.24, 2.45) is 11.7 Å². The smallest absolute Gasteiger partial charge is 0.249 e. The summed E-state index contributed by atoms with van der Waals surface area (Å²) in [6, 6.07) is -0.588. The van der Waals surface area contributed by atoms with Crippen LogP contribution in [0.1, 0.15) is 20.3 Å². The number of carbonyl (C=O) groups excluding carboxylic acids is 3. The van der Waals surface area contributed by atoms with Crippen molar-refractivity contribution in [2.75, 3.05) is 13.1 Å². The molecule has 0 saturated carbocycles. The van der Waals surface area contributed by atoms with Crippen LogP contribution in [0.25, 0.3) is 0 Å². The van der Waals surface area contributed by atoms with Crippen molar-refractivity contribution in [2.45, 2.75) is 26.3 Å². The number of carbonyl (C=O) groups is 3. The van der Waals surface area contributed by atoms with Crippen LogP contribution in [0.5, 0.6) is 0 Å². The lowest BCUT2D eigenvalue weighted by Gasteiger charge is -2.32. The Morgan fingerprint density at radius 1 is 1.62 bits per heavy atom. The zero-order valence-electron chi connectivity index (χ0n) is 9.53. The molecule has 3 N–H and O–H groups in total. The lowest BCUT2D eigenvalue weighted by molar-refractivity contribution is -0.149. The van der Waals surface area contributed by atoms with Crippen LogP contribution in [0.3, 0.4) is 0 Å². The highest BCUT2D eigenvalue weighted by molar-refractivity contribution is 6.04. The third-order valence-electron chi connectivity index (χ3n) is 2.67. The first-order chi connectivity index (χ1) is 7.45. The normalized spacial score (nSPS) is 22.9. The zero-order chi connectivity index (χ0) is 12.3. The van der Waals surface area contributed by atoms with Gasteiger partial charge in [-0.2, -0.15) is 0 Å². The fourth-order valence-corrected chi connectivity index (χ4v) is 1.52. The SMILES string of the molecule is CC(CN)CC(=O)N1CC(=O)NC(=O)C1C.